The summed E-state index contributed by atoms with van der Waals surface area (Å²) in [6.45, 7) is 5.32. The van der Waals surface area contributed by atoms with Crippen molar-refractivity contribution in [2.24, 2.45) is 5.92 Å². The van der Waals surface area contributed by atoms with Crippen molar-refractivity contribution in [3.05, 3.63) is 76.3 Å². The molecular formula is C27H33N3O2. The summed E-state index contributed by atoms with van der Waals surface area (Å²) in [6, 6.07) is 17.3. The maximum absolute atomic E-state index is 13.6. The van der Waals surface area contributed by atoms with Crippen LogP contribution in [0.25, 0.3) is 10.9 Å². The Morgan fingerprint density at radius 1 is 1.06 bits per heavy atom. The van der Waals surface area contributed by atoms with Gasteiger partial charge >= 0.3 is 0 Å². The molecule has 2 aromatic carbocycles. The molecule has 1 atom stereocenters. The monoisotopic (exact) mass is 431 g/mol. The van der Waals surface area contributed by atoms with Crippen LogP contribution >= 0.6 is 0 Å². The summed E-state index contributed by atoms with van der Waals surface area (Å²) in [4.78, 5) is 34.1. The Kier molecular flexibility index (Phi) is 7.03. The highest BCUT2D eigenvalue weighted by Crippen LogP contribution is 2.32. The molecule has 1 amide bonds. The second-order valence-electron chi connectivity index (χ2n) is 8.80. The van der Waals surface area contributed by atoms with E-state index in [-0.39, 0.29) is 23.4 Å². The van der Waals surface area contributed by atoms with E-state index >= 15 is 0 Å². The number of hydrogen-bond donors (Lipinski definition) is 0. The van der Waals surface area contributed by atoms with Crippen LogP contribution in [0.15, 0.2) is 59.4 Å². The van der Waals surface area contributed by atoms with Crippen molar-refractivity contribution in [1.82, 2.24) is 14.5 Å². The zero-order valence-electron chi connectivity index (χ0n) is 19.2. The number of nitrogens with zero attached hydrogens (tertiary/aromatic N) is 3. The topological polar surface area (TPSA) is 55.2 Å². The Balaban J connectivity index is 1.84. The quantitative estimate of drug-likeness (QED) is 0.485. The molecule has 168 valence electrons. The first-order valence-corrected chi connectivity index (χ1v) is 12.0. The second kappa shape index (κ2) is 10.1. The van der Waals surface area contributed by atoms with Gasteiger partial charge in [-0.3, -0.25) is 14.2 Å². The molecule has 1 aliphatic rings. The molecule has 0 saturated heterocycles. The van der Waals surface area contributed by atoms with Gasteiger partial charge in [0.05, 0.1) is 23.5 Å². The van der Waals surface area contributed by atoms with Gasteiger partial charge in [-0.1, -0.05) is 69.2 Å². The zero-order chi connectivity index (χ0) is 22.5. The van der Waals surface area contributed by atoms with Gasteiger partial charge in [0.1, 0.15) is 5.82 Å². The summed E-state index contributed by atoms with van der Waals surface area (Å²) < 4.78 is 1.79. The summed E-state index contributed by atoms with van der Waals surface area (Å²) in [6.07, 6.45) is 5.79. The molecule has 1 aromatic heterocycles. The highest BCUT2D eigenvalue weighted by molar-refractivity contribution is 5.80. The van der Waals surface area contributed by atoms with Gasteiger partial charge in [-0.25, -0.2) is 4.98 Å². The molecule has 0 bridgehead atoms. The molecule has 1 heterocycles. The highest BCUT2D eigenvalue weighted by Gasteiger charge is 2.33. The van der Waals surface area contributed by atoms with Gasteiger partial charge in [-0.2, -0.15) is 0 Å². The number of carbonyl (C=O) groups excluding carboxylic acids is 1. The van der Waals surface area contributed by atoms with Crippen LogP contribution in [0.5, 0.6) is 0 Å². The lowest BCUT2D eigenvalue weighted by Crippen LogP contribution is -2.41. The number of aromatic nitrogens is 2. The van der Waals surface area contributed by atoms with Gasteiger partial charge in [0, 0.05) is 12.5 Å². The normalized spacial score (nSPS) is 15.2. The lowest BCUT2D eigenvalue weighted by atomic mass is 10.0. The fourth-order valence-corrected chi connectivity index (χ4v) is 4.97. The van der Waals surface area contributed by atoms with Crippen LogP contribution < -0.4 is 5.56 Å². The Morgan fingerprint density at radius 2 is 1.75 bits per heavy atom. The number of para-hydroxylation sites is 1. The molecule has 1 aliphatic carbocycles. The minimum atomic E-state index is -0.218. The molecular weight excluding hydrogens is 398 g/mol. The van der Waals surface area contributed by atoms with Crippen LogP contribution in [0, 0.1) is 5.92 Å². The van der Waals surface area contributed by atoms with E-state index in [2.05, 4.69) is 13.8 Å². The van der Waals surface area contributed by atoms with Crippen molar-refractivity contribution in [1.29, 1.82) is 0 Å². The van der Waals surface area contributed by atoms with E-state index in [4.69, 9.17) is 4.98 Å². The minimum absolute atomic E-state index is 0.0438. The van der Waals surface area contributed by atoms with Crippen LogP contribution in [0.4, 0.5) is 0 Å². The number of benzene rings is 2. The van der Waals surface area contributed by atoms with Crippen molar-refractivity contribution in [2.45, 2.75) is 65.0 Å². The number of hydrogen-bond acceptors (Lipinski definition) is 3. The molecule has 1 unspecified atom stereocenters. The Bertz CT molecular complexity index is 1120. The lowest BCUT2D eigenvalue weighted by Gasteiger charge is -2.34. The van der Waals surface area contributed by atoms with E-state index in [1.807, 2.05) is 59.5 Å². The van der Waals surface area contributed by atoms with E-state index in [1.165, 1.54) is 0 Å². The summed E-state index contributed by atoms with van der Waals surface area (Å²) in [5.41, 5.74) is 1.70. The summed E-state index contributed by atoms with van der Waals surface area (Å²) in [7, 11) is 0. The molecule has 0 aliphatic heterocycles. The van der Waals surface area contributed by atoms with E-state index < -0.39 is 0 Å². The Morgan fingerprint density at radius 3 is 2.44 bits per heavy atom. The summed E-state index contributed by atoms with van der Waals surface area (Å²) in [5, 5.41) is 0.617. The maximum Gasteiger partial charge on any atom is 0.261 e. The number of carbonyl (C=O) groups is 1. The average molecular weight is 432 g/mol. The SMILES string of the molecule is CCCN(C(=O)C1CCCC1)C(CC)c1nc2ccccc2c(=O)n1Cc1ccccc1. The first-order valence-electron chi connectivity index (χ1n) is 12.0. The number of amides is 1. The number of rotatable bonds is 8. The minimum Gasteiger partial charge on any atom is -0.332 e. The summed E-state index contributed by atoms with van der Waals surface area (Å²) >= 11 is 0. The fraction of sp³-hybridized carbons (Fsp3) is 0.444. The van der Waals surface area contributed by atoms with Crippen LogP contribution in [-0.2, 0) is 11.3 Å². The third-order valence-electron chi connectivity index (χ3n) is 6.59. The Hall–Kier alpha value is -2.95. The molecule has 1 saturated carbocycles. The van der Waals surface area contributed by atoms with Crippen molar-refractivity contribution < 1.29 is 4.79 Å². The van der Waals surface area contributed by atoms with Crippen LogP contribution in [0.2, 0.25) is 0 Å². The molecule has 32 heavy (non-hydrogen) atoms. The molecule has 5 nitrogen and oxygen atoms in total. The molecule has 0 spiro atoms. The van der Waals surface area contributed by atoms with Crippen LogP contribution in [0.1, 0.15) is 69.8 Å². The molecule has 0 N–H and O–H groups in total. The maximum atomic E-state index is 13.6. The largest absolute Gasteiger partial charge is 0.332 e. The van der Waals surface area contributed by atoms with Crippen LogP contribution in [0.3, 0.4) is 0 Å². The van der Waals surface area contributed by atoms with E-state index in [0.29, 0.717) is 29.8 Å². The van der Waals surface area contributed by atoms with Gasteiger partial charge in [0.2, 0.25) is 5.91 Å². The molecule has 3 aromatic rings. The van der Waals surface area contributed by atoms with Gasteiger partial charge in [0.15, 0.2) is 0 Å². The fourth-order valence-electron chi connectivity index (χ4n) is 4.97. The van der Waals surface area contributed by atoms with E-state index in [9.17, 15) is 9.59 Å². The van der Waals surface area contributed by atoms with Gasteiger partial charge in [0.25, 0.3) is 5.56 Å². The van der Waals surface area contributed by atoms with Crippen molar-refractivity contribution in [3.63, 3.8) is 0 Å². The second-order valence-corrected chi connectivity index (χ2v) is 8.80. The lowest BCUT2D eigenvalue weighted by molar-refractivity contribution is -0.138. The molecule has 1 fully saturated rings. The predicted octanol–water partition coefficient (Wildman–Crippen LogP) is 5.32. The smallest absolute Gasteiger partial charge is 0.261 e. The van der Waals surface area contributed by atoms with E-state index in [0.717, 1.165) is 44.1 Å². The van der Waals surface area contributed by atoms with Gasteiger partial charge < -0.3 is 4.90 Å². The Labute approximate surface area is 190 Å². The molecule has 5 heteroatoms. The van der Waals surface area contributed by atoms with Crippen molar-refractivity contribution in [2.75, 3.05) is 6.54 Å². The highest BCUT2D eigenvalue weighted by atomic mass is 16.2. The summed E-state index contributed by atoms with van der Waals surface area (Å²) in [5.74, 6) is 1.02. The standard InChI is InChI=1S/C27H33N3O2/c1-3-18-29(26(31)21-14-8-9-15-21)24(4-2)25-28-23-17-11-10-16-22(23)27(32)30(25)19-20-12-6-5-7-13-20/h5-7,10-13,16-17,21,24H,3-4,8-9,14-15,18-19H2,1-2H3. The molecule has 4 rings (SSSR count). The first kappa shape index (κ1) is 22.3. The van der Waals surface area contributed by atoms with E-state index in [1.54, 1.807) is 4.57 Å². The molecule has 0 radical (unpaired) electrons. The van der Waals surface area contributed by atoms with Crippen molar-refractivity contribution in [3.8, 4) is 0 Å². The third-order valence-corrected chi connectivity index (χ3v) is 6.59. The van der Waals surface area contributed by atoms with Crippen molar-refractivity contribution >= 4 is 16.8 Å². The predicted molar refractivity (Wildman–Crippen MR) is 129 cm³/mol. The van der Waals surface area contributed by atoms with Crippen LogP contribution in [-0.4, -0.2) is 26.9 Å². The first-order chi connectivity index (χ1) is 15.6. The number of fused-ring (bicyclic) bond motifs is 1. The third kappa shape index (κ3) is 4.47. The van der Waals surface area contributed by atoms with Gasteiger partial charge in [-0.15, -0.1) is 0 Å². The van der Waals surface area contributed by atoms with Gasteiger partial charge in [-0.05, 0) is 43.4 Å². The average Bonchev–Trinajstić information content (AvgIpc) is 3.36. The zero-order valence-corrected chi connectivity index (χ0v) is 19.2.